The molecule has 0 aliphatic carbocycles. The quantitative estimate of drug-likeness (QED) is 0.795. The van der Waals surface area contributed by atoms with Gasteiger partial charge in [0.1, 0.15) is 0 Å². The zero-order valence-electron chi connectivity index (χ0n) is 11.2. The van der Waals surface area contributed by atoms with Gasteiger partial charge in [-0.2, -0.15) is 4.31 Å². The van der Waals surface area contributed by atoms with Gasteiger partial charge in [-0.25, -0.2) is 8.42 Å². The standard InChI is InChI=1S/C12H22N2O2S2/c1-4-13-9-11(3)18(15,16)14(5-2)10-12-7-6-8-17-12/h6-8,11,13H,4-5,9-10H2,1-3H3. The van der Waals surface area contributed by atoms with Crippen LogP contribution < -0.4 is 5.32 Å². The van der Waals surface area contributed by atoms with Gasteiger partial charge >= 0.3 is 0 Å². The first-order valence-electron chi connectivity index (χ1n) is 6.24. The van der Waals surface area contributed by atoms with Crippen LogP contribution in [-0.4, -0.2) is 37.6 Å². The Labute approximate surface area is 114 Å². The van der Waals surface area contributed by atoms with Gasteiger partial charge in [-0.1, -0.05) is 19.9 Å². The Bertz CT molecular complexity index is 429. The first-order valence-corrected chi connectivity index (χ1v) is 8.62. The molecule has 0 saturated carbocycles. The highest BCUT2D eigenvalue weighted by Crippen LogP contribution is 2.16. The lowest BCUT2D eigenvalue weighted by molar-refractivity contribution is 0.417. The highest BCUT2D eigenvalue weighted by Gasteiger charge is 2.27. The third-order valence-corrected chi connectivity index (χ3v) is 5.97. The minimum absolute atomic E-state index is 0.391. The third-order valence-electron chi connectivity index (χ3n) is 2.82. The molecule has 0 bridgehead atoms. The van der Waals surface area contributed by atoms with Crippen LogP contribution in [0.15, 0.2) is 17.5 Å². The smallest absolute Gasteiger partial charge is 0.218 e. The van der Waals surface area contributed by atoms with Crippen molar-refractivity contribution in [2.75, 3.05) is 19.6 Å². The van der Waals surface area contributed by atoms with Gasteiger partial charge in [0.2, 0.25) is 10.0 Å². The van der Waals surface area contributed by atoms with Crippen molar-refractivity contribution in [3.8, 4) is 0 Å². The second-order valence-electron chi connectivity index (χ2n) is 4.17. The number of rotatable bonds is 8. The maximum absolute atomic E-state index is 12.4. The molecule has 1 heterocycles. The van der Waals surface area contributed by atoms with Crippen molar-refractivity contribution >= 4 is 21.4 Å². The molecule has 0 spiro atoms. The van der Waals surface area contributed by atoms with Gasteiger partial charge in [0, 0.05) is 24.5 Å². The van der Waals surface area contributed by atoms with E-state index in [4.69, 9.17) is 0 Å². The number of nitrogens with one attached hydrogen (secondary N) is 1. The van der Waals surface area contributed by atoms with Crippen LogP contribution in [-0.2, 0) is 16.6 Å². The molecule has 0 aliphatic rings. The van der Waals surface area contributed by atoms with Gasteiger partial charge in [0.15, 0.2) is 0 Å². The van der Waals surface area contributed by atoms with E-state index >= 15 is 0 Å². The predicted molar refractivity (Wildman–Crippen MR) is 77.3 cm³/mol. The molecule has 0 fully saturated rings. The van der Waals surface area contributed by atoms with Crippen LogP contribution in [0.2, 0.25) is 0 Å². The van der Waals surface area contributed by atoms with Crippen molar-refractivity contribution in [3.63, 3.8) is 0 Å². The first kappa shape index (κ1) is 15.6. The topological polar surface area (TPSA) is 49.4 Å². The maximum atomic E-state index is 12.4. The Morgan fingerprint density at radius 1 is 1.44 bits per heavy atom. The van der Waals surface area contributed by atoms with Crippen molar-refractivity contribution in [2.45, 2.75) is 32.6 Å². The van der Waals surface area contributed by atoms with Crippen LogP contribution in [0.5, 0.6) is 0 Å². The highest BCUT2D eigenvalue weighted by molar-refractivity contribution is 7.89. The van der Waals surface area contributed by atoms with E-state index in [1.54, 1.807) is 22.6 Å². The summed E-state index contributed by atoms with van der Waals surface area (Å²) in [4.78, 5) is 1.08. The summed E-state index contributed by atoms with van der Waals surface area (Å²) in [5.41, 5.74) is 0. The minimum Gasteiger partial charge on any atom is -0.316 e. The molecule has 4 nitrogen and oxygen atoms in total. The number of nitrogens with zero attached hydrogens (tertiary/aromatic N) is 1. The minimum atomic E-state index is -3.22. The molecule has 18 heavy (non-hydrogen) atoms. The van der Waals surface area contributed by atoms with E-state index in [-0.39, 0.29) is 0 Å². The van der Waals surface area contributed by atoms with Crippen LogP contribution in [0.4, 0.5) is 0 Å². The predicted octanol–water partition coefficient (Wildman–Crippen LogP) is 1.90. The van der Waals surface area contributed by atoms with Crippen molar-refractivity contribution in [1.29, 1.82) is 0 Å². The molecule has 1 aromatic rings. The van der Waals surface area contributed by atoms with Crippen LogP contribution in [0, 0.1) is 0 Å². The van der Waals surface area contributed by atoms with Crippen LogP contribution >= 0.6 is 11.3 Å². The van der Waals surface area contributed by atoms with Crippen molar-refractivity contribution in [1.82, 2.24) is 9.62 Å². The summed E-state index contributed by atoms with van der Waals surface area (Å²) in [5.74, 6) is 0. The maximum Gasteiger partial charge on any atom is 0.218 e. The summed E-state index contributed by atoms with van der Waals surface area (Å²) in [6, 6.07) is 3.92. The van der Waals surface area contributed by atoms with Gasteiger partial charge in [0.25, 0.3) is 0 Å². The fourth-order valence-electron chi connectivity index (χ4n) is 1.67. The Morgan fingerprint density at radius 3 is 2.67 bits per heavy atom. The zero-order chi connectivity index (χ0) is 13.6. The monoisotopic (exact) mass is 290 g/mol. The number of thiophene rings is 1. The van der Waals surface area contributed by atoms with Crippen LogP contribution in [0.1, 0.15) is 25.6 Å². The summed E-state index contributed by atoms with van der Waals surface area (Å²) in [6.45, 7) is 7.89. The van der Waals surface area contributed by atoms with Gasteiger partial charge in [-0.05, 0) is 24.9 Å². The normalized spacial score (nSPS) is 14.0. The fraction of sp³-hybridized carbons (Fsp3) is 0.667. The molecule has 0 saturated heterocycles. The van der Waals surface area contributed by atoms with E-state index in [9.17, 15) is 8.42 Å². The van der Waals surface area contributed by atoms with Crippen LogP contribution in [0.25, 0.3) is 0 Å². The summed E-state index contributed by atoms with van der Waals surface area (Å²) >= 11 is 1.59. The van der Waals surface area contributed by atoms with Crippen molar-refractivity contribution in [2.24, 2.45) is 0 Å². The highest BCUT2D eigenvalue weighted by atomic mass is 32.2. The average molecular weight is 290 g/mol. The molecule has 1 atom stereocenters. The fourth-order valence-corrected chi connectivity index (χ4v) is 3.98. The molecule has 1 rings (SSSR count). The lowest BCUT2D eigenvalue weighted by atomic mass is 10.4. The summed E-state index contributed by atoms with van der Waals surface area (Å²) in [7, 11) is -3.22. The number of sulfonamides is 1. The van der Waals surface area contributed by atoms with Gasteiger partial charge in [-0.3, -0.25) is 0 Å². The first-order chi connectivity index (χ1) is 8.52. The SMILES string of the molecule is CCNCC(C)S(=O)(=O)N(CC)Cc1cccs1. The summed E-state index contributed by atoms with van der Waals surface area (Å²) in [6.07, 6.45) is 0. The Hall–Kier alpha value is -0.430. The lowest BCUT2D eigenvalue weighted by Gasteiger charge is -2.24. The largest absolute Gasteiger partial charge is 0.316 e. The lowest BCUT2D eigenvalue weighted by Crippen LogP contribution is -2.41. The molecule has 0 radical (unpaired) electrons. The Kier molecular flexibility index (Phi) is 6.28. The van der Waals surface area contributed by atoms with Gasteiger partial charge < -0.3 is 5.32 Å². The summed E-state index contributed by atoms with van der Waals surface area (Å²) in [5, 5.41) is 4.67. The molecule has 1 unspecified atom stereocenters. The third kappa shape index (κ3) is 4.05. The second-order valence-corrected chi connectivity index (χ2v) is 7.55. The molecule has 1 aromatic heterocycles. The van der Waals surface area contributed by atoms with Gasteiger partial charge in [-0.15, -0.1) is 11.3 Å². The van der Waals surface area contributed by atoms with Gasteiger partial charge in [0.05, 0.1) is 5.25 Å². The molecule has 6 heteroatoms. The van der Waals surface area contributed by atoms with E-state index in [2.05, 4.69) is 5.32 Å². The van der Waals surface area contributed by atoms with Crippen molar-refractivity contribution < 1.29 is 8.42 Å². The van der Waals surface area contributed by atoms with E-state index in [1.165, 1.54) is 0 Å². The number of hydrogen-bond acceptors (Lipinski definition) is 4. The Morgan fingerprint density at radius 2 is 2.17 bits per heavy atom. The van der Waals surface area contributed by atoms with Crippen LogP contribution in [0.3, 0.4) is 0 Å². The Balaban J connectivity index is 2.73. The summed E-state index contributed by atoms with van der Waals surface area (Å²) < 4.78 is 26.3. The zero-order valence-corrected chi connectivity index (χ0v) is 12.9. The number of hydrogen-bond donors (Lipinski definition) is 1. The second kappa shape index (κ2) is 7.23. The van der Waals surface area contributed by atoms with E-state index in [0.29, 0.717) is 19.6 Å². The average Bonchev–Trinajstić information content (AvgIpc) is 2.85. The van der Waals surface area contributed by atoms with E-state index in [1.807, 2.05) is 31.4 Å². The molecule has 0 amide bonds. The van der Waals surface area contributed by atoms with E-state index < -0.39 is 15.3 Å². The van der Waals surface area contributed by atoms with E-state index in [0.717, 1.165) is 11.4 Å². The molecule has 0 aliphatic heterocycles. The van der Waals surface area contributed by atoms with Crippen molar-refractivity contribution in [3.05, 3.63) is 22.4 Å². The molecule has 1 N–H and O–H groups in total. The molecule has 0 aromatic carbocycles. The molecule has 104 valence electrons. The molecular formula is C12H22N2O2S2. The molecular weight excluding hydrogens is 268 g/mol.